The lowest BCUT2D eigenvalue weighted by atomic mass is 10.2. The van der Waals surface area contributed by atoms with Gasteiger partial charge in [-0.2, -0.15) is 0 Å². The highest BCUT2D eigenvalue weighted by molar-refractivity contribution is 5.88. The maximum absolute atomic E-state index is 12.7. The monoisotopic (exact) mass is 450 g/mol. The molecule has 0 aliphatic carbocycles. The number of hydrogen-bond donors (Lipinski definition) is 0. The molecule has 0 fully saturated rings. The van der Waals surface area contributed by atoms with Crippen LogP contribution in [-0.2, 0) is 24.4 Å². The SMILES string of the molecule is CN(CCOC(=O)c1cc([N+](=O)[O-])cn1CCN(C)Cc1ccccc1)Cc1ccccc1. The number of carbonyl (C=O) groups is 1. The Kier molecular flexibility index (Phi) is 8.74. The third-order valence-electron chi connectivity index (χ3n) is 5.32. The maximum atomic E-state index is 12.7. The smallest absolute Gasteiger partial charge is 0.355 e. The van der Waals surface area contributed by atoms with Crippen molar-refractivity contribution in [2.45, 2.75) is 19.6 Å². The molecule has 0 saturated heterocycles. The van der Waals surface area contributed by atoms with E-state index < -0.39 is 10.9 Å². The second-order valence-corrected chi connectivity index (χ2v) is 8.12. The number of carbonyl (C=O) groups excluding carboxylic acids is 1. The van der Waals surface area contributed by atoms with E-state index in [4.69, 9.17) is 4.74 Å². The van der Waals surface area contributed by atoms with E-state index >= 15 is 0 Å². The molecular formula is C25H30N4O4. The van der Waals surface area contributed by atoms with Crippen molar-refractivity contribution in [1.82, 2.24) is 14.4 Å². The van der Waals surface area contributed by atoms with Crippen LogP contribution in [0.2, 0.25) is 0 Å². The molecule has 0 aliphatic rings. The van der Waals surface area contributed by atoms with Crippen LogP contribution in [0.3, 0.4) is 0 Å². The summed E-state index contributed by atoms with van der Waals surface area (Å²) >= 11 is 0. The lowest BCUT2D eigenvalue weighted by Gasteiger charge is -2.18. The first-order valence-electron chi connectivity index (χ1n) is 10.9. The first-order valence-corrected chi connectivity index (χ1v) is 10.9. The molecule has 3 rings (SSSR count). The van der Waals surface area contributed by atoms with Gasteiger partial charge >= 0.3 is 5.97 Å². The van der Waals surface area contributed by atoms with Gasteiger partial charge in [0, 0.05) is 38.8 Å². The Morgan fingerprint density at radius 3 is 2.03 bits per heavy atom. The van der Waals surface area contributed by atoms with E-state index in [0.29, 0.717) is 19.6 Å². The van der Waals surface area contributed by atoms with Crippen molar-refractivity contribution in [3.63, 3.8) is 0 Å². The van der Waals surface area contributed by atoms with Gasteiger partial charge in [-0.3, -0.25) is 15.0 Å². The number of rotatable bonds is 12. The predicted octanol–water partition coefficient (Wildman–Crippen LogP) is 3.82. The van der Waals surface area contributed by atoms with Crippen LogP contribution in [0.25, 0.3) is 0 Å². The summed E-state index contributed by atoms with van der Waals surface area (Å²) in [6, 6.07) is 21.4. The molecule has 1 heterocycles. The highest BCUT2D eigenvalue weighted by Crippen LogP contribution is 2.18. The quantitative estimate of drug-likeness (QED) is 0.237. The van der Waals surface area contributed by atoms with E-state index in [0.717, 1.165) is 13.1 Å². The molecule has 0 saturated carbocycles. The molecule has 8 heteroatoms. The average Bonchev–Trinajstić information content (AvgIpc) is 3.24. The molecular weight excluding hydrogens is 420 g/mol. The van der Waals surface area contributed by atoms with Crippen molar-refractivity contribution in [3.05, 3.63) is 99.9 Å². The molecule has 0 unspecified atom stereocenters. The molecule has 8 nitrogen and oxygen atoms in total. The van der Waals surface area contributed by atoms with E-state index in [9.17, 15) is 14.9 Å². The van der Waals surface area contributed by atoms with E-state index in [1.54, 1.807) is 4.57 Å². The Balaban J connectivity index is 1.54. The van der Waals surface area contributed by atoms with Crippen molar-refractivity contribution < 1.29 is 14.5 Å². The van der Waals surface area contributed by atoms with E-state index in [1.807, 2.05) is 62.6 Å². The minimum absolute atomic E-state index is 0.117. The van der Waals surface area contributed by atoms with Crippen molar-refractivity contribution in [1.29, 1.82) is 0 Å². The van der Waals surface area contributed by atoms with E-state index in [1.165, 1.54) is 23.4 Å². The fourth-order valence-corrected chi connectivity index (χ4v) is 3.55. The Hall–Kier alpha value is -3.49. The van der Waals surface area contributed by atoms with Gasteiger partial charge in [0.15, 0.2) is 0 Å². The fourth-order valence-electron chi connectivity index (χ4n) is 3.55. The minimum Gasteiger partial charge on any atom is -0.460 e. The summed E-state index contributed by atoms with van der Waals surface area (Å²) in [6.07, 6.45) is 1.40. The normalized spacial score (nSPS) is 11.2. The van der Waals surface area contributed by atoms with Gasteiger partial charge in [-0.25, -0.2) is 4.79 Å². The van der Waals surface area contributed by atoms with Gasteiger partial charge in [-0.05, 0) is 25.2 Å². The number of ether oxygens (including phenoxy) is 1. The van der Waals surface area contributed by atoms with Crippen LogP contribution in [0.4, 0.5) is 5.69 Å². The molecule has 0 atom stereocenters. The Morgan fingerprint density at radius 2 is 1.48 bits per heavy atom. The lowest BCUT2D eigenvalue weighted by Crippen LogP contribution is -2.26. The zero-order valence-corrected chi connectivity index (χ0v) is 19.1. The summed E-state index contributed by atoms with van der Waals surface area (Å²) in [5.41, 5.74) is 2.43. The van der Waals surface area contributed by atoms with Crippen LogP contribution in [-0.4, -0.2) is 59.1 Å². The molecule has 0 radical (unpaired) electrons. The number of likely N-dealkylation sites (N-methyl/N-ethyl adjacent to an activating group) is 2. The van der Waals surface area contributed by atoms with Crippen LogP contribution in [0.5, 0.6) is 0 Å². The second kappa shape index (κ2) is 11.9. The number of hydrogen-bond acceptors (Lipinski definition) is 6. The Bertz CT molecular complexity index is 1040. The number of nitro groups is 1. The van der Waals surface area contributed by atoms with Crippen molar-refractivity contribution >= 4 is 11.7 Å². The Morgan fingerprint density at radius 1 is 0.939 bits per heavy atom. The van der Waals surface area contributed by atoms with Gasteiger partial charge in [0.2, 0.25) is 0 Å². The van der Waals surface area contributed by atoms with Crippen LogP contribution >= 0.6 is 0 Å². The summed E-state index contributed by atoms with van der Waals surface area (Å²) in [6.45, 7) is 3.32. The highest BCUT2D eigenvalue weighted by atomic mass is 16.6. The summed E-state index contributed by atoms with van der Waals surface area (Å²) < 4.78 is 7.04. The van der Waals surface area contributed by atoms with Crippen LogP contribution in [0, 0.1) is 10.1 Å². The molecule has 0 amide bonds. The standard InChI is InChI=1S/C25H30N4O4/c1-26(18-21-9-5-3-6-10-21)13-14-28-20-23(29(31)32)17-24(28)25(30)33-16-15-27(2)19-22-11-7-4-8-12-22/h3-12,17,20H,13-16,18-19H2,1-2H3. The number of nitrogens with zero attached hydrogens (tertiary/aromatic N) is 4. The van der Waals surface area contributed by atoms with Gasteiger partial charge < -0.3 is 14.2 Å². The predicted molar refractivity (Wildman–Crippen MR) is 127 cm³/mol. The van der Waals surface area contributed by atoms with E-state index in [-0.39, 0.29) is 18.0 Å². The molecule has 2 aromatic carbocycles. The molecule has 0 aliphatic heterocycles. The molecule has 0 bridgehead atoms. The molecule has 174 valence electrons. The van der Waals surface area contributed by atoms with Gasteiger partial charge in [0.05, 0.1) is 11.1 Å². The third-order valence-corrected chi connectivity index (χ3v) is 5.32. The summed E-state index contributed by atoms with van der Waals surface area (Å²) in [5.74, 6) is -0.554. The number of benzene rings is 2. The second-order valence-electron chi connectivity index (χ2n) is 8.12. The molecule has 3 aromatic rings. The first-order chi connectivity index (χ1) is 15.9. The van der Waals surface area contributed by atoms with Crippen molar-refractivity contribution in [2.75, 3.05) is 33.8 Å². The summed E-state index contributed by atoms with van der Waals surface area (Å²) in [5, 5.41) is 11.3. The fraction of sp³-hybridized carbons (Fsp3) is 0.320. The molecule has 0 spiro atoms. The van der Waals surface area contributed by atoms with Gasteiger partial charge in [-0.1, -0.05) is 60.7 Å². The summed E-state index contributed by atoms with van der Waals surface area (Å²) in [7, 11) is 3.93. The average molecular weight is 451 g/mol. The molecule has 33 heavy (non-hydrogen) atoms. The van der Waals surface area contributed by atoms with Crippen molar-refractivity contribution in [3.8, 4) is 0 Å². The minimum atomic E-state index is -0.554. The third kappa shape index (κ3) is 7.55. The Labute approximate surface area is 194 Å². The van der Waals surface area contributed by atoms with Crippen LogP contribution in [0.15, 0.2) is 72.9 Å². The lowest BCUT2D eigenvalue weighted by molar-refractivity contribution is -0.384. The van der Waals surface area contributed by atoms with Crippen LogP contribution in [0.1, 0.15) is 21.6 Å². The maximum Gasteiger partial charge on any atom is 0.355 e. The zero-order valence-electron chi connectivity index (χ0n) is 19.1. The zero-order chi connectivity index (χ0) is 23.6. The highest BCUT2D eigenvalue weighted by Gasteiger charge is 2.21. The number of aromatic nitrogens is 1. The molecule has 0 N–H and O–H groups in total. The van der Waals surface area contributed by atoms with Crippen molar-refractivity contribution in [2.24, 2.45) is 0 Å². The van der Waals surface area contributed by atoms with Gasteiger partial charge in [0.1, 0.15) is 12.3 Å². The van der Waals surface area contributed by atoms with E-state index in [2.05, 4.69) is 21.9 Å². The van der Waals surface area contributed by atoms with Crippen LogP contribution < -0.4 is 0 Å². The topological polar surface area (TPSA) is 80.8 Å². The van der Waals surface area contributed by atoms with Gasteiger partial charge in [0.25, 0.3) is 5.69 Å². The number of esters is 1. The van der Waals surface area contributed by atoms with Gasteiger partial charge in [-0.15, -0.1) is 0 Å². The molecule has 1 aromatic heterocycles. The first kappa shape index (κ1) is 24.2. The largest absolute Gasteiger partial charge is 0.460 e. The summed E-state index contributed by atoms with van der Waals surface area (Å²) in [4.78, 5) is 27.6.